The standard InChI is InChI=1S/C23H20/c1-18(21-13-5-3-6-14-21)23(17-20-11-9-10-12-20)19(2)22-15-7-4-8-16-22/h3-9,11-17H,1-2,10H2. The summed E-state index contributed by atoms with van der Waals surface area (Å²) in [6.07, 6.45) is 9.72. The van der Waals surface area contributed by atoms with E-state index in [0.717, 1.165) is 34.3 Å². The van der Waals surface area contributed by atoms with E-state index in [2.05, 4.69) is 61.7 Å². The van der Waals surface area contributed by atoms with Gasteiger partial charge in [-0.25, -0.2) is 0 Å². The summed E-state index contributed by atoms with van der Waals surface area (Å²) < 4.78 is 0. The van der Waals surface area contributed by atoms with Gasteiger partial charge in [-0.1, -0.05) is 92.0 Å². The molecule has 0 saturated heterocycles. The van der Waals surface area contributed by atoms with Crippen LogP contribution in [0, 0.1) is 0 Å². The summed E-state index contributed by atoms with van der Waals surface area (Å²) in [7, 11) is 0. The molecule has 1 aliphatic carbocycles. The maximum absolute atomic E-state index is 4.33. The highest BCUT2D eigenvalue weighted by Gasteiger charge is 2.12. The van der Waals surface area contributed by atoms with E-state index >= 15 is 0 Å². The van der Waals surface area contributed by atoms with Gasteiger partial charge in [0.05, 0.1) is 0 Å². The van der Waals surface area contributed by atoms with Crippen LogP contribution in [0.1, 0.15) is 17.5 Å². The first kappa shape index (κ1) is 15.1. The molecule has 0 nitrogen and oxygen atoms in total. The van der Waals surface area contributed by atoms with Crippen LogP contribution in [0.4, 0.5) is 0 Å². The van der Waals surface area contributed by atoms with E-state index in [4.69, 9.17) is 0 Å². The Bertz CT molecular complexity index is 746. The maximum atomic E-state index is 4.33. The molecule has 0 N–H and O–H groups in total. The van der Waals surface area contributed by atoms with Gasteiger partial charge in [-0.3, -0.25) is 0 Å². The van der Waals surface area contributed by atoms with Gasteiger partial charge in [-0.15, -0.1) is 0 Å². The molecule has 0 atom stereocenters. The third-order valence-corrected chi connectivity index (χ3v) is 4.01. The topological polar surface area (TPSA) is 0 Å². The van der Waals surface area contributed by atoms with Crippen LogP contribution in [-0.2, 0) is 0 Å². The van der Waals surface area contributed by atoms with E-state index in [-0.39, 0.29) is 0 Å². The van der Waals surface area contributed by atoms with Crippen LogP contribution in [0.25, 0.3) is 11.1 Å². The first-order valence-electron chi connectivity index (χ1n) is 7.83. The molecule has 2 aromatic carbocycles. The minimum Gasteiger partial charge on any atom is -0.0905 e. The average molecular weight is 296 g/mol. The SMILES string of the molecule is C=C(C(=CC1=CCC=C1)C(=C)c1ccccc1)c1ccccc1. The second-order valence-corrected chi connectivity index (χ2v) is 5.59. The van der Waals surface area contributed by atoms with Gasteiger partial charge in [0.25, 0.3) is 0 Å². The van der Waals surface area contributed by atoms with E-state index in [0.29, 0.717) is 0 Å². The fourth-order valence-electron chi connectivity index (χ4n) is 2.70. The van der Waals surface area contributed by atoms with Crippen molar-refractivity contribution in [2.24, 2.45) is 0 Å². The minimum absolute atomic E-state index is 0.995. The Hall–Kier alpha value is -2.86. The molecule has 0 spiro atoms. The predicted octanol–water partition coefficient (Wildman–Crippen LogP) is 6.23. The van der Waals surface area contributed by atoms with Crippen molar-refractivity contribution in [1.82, 2.24) is 0 Å². The first-order chi connectivity index (χ1) is 11.3. The molecule has 0 fully saturated rings. The van der Waals surface area contributed by atoms with Crippen molar-refractivity contribution >= 4 is 11.1 Å². The zero-order valence-corrected chi connectivity index (χ0v) is 13.2. The summed E-state index contributed by atoms with van der Waals surface area (Å²) in [5, 5.41) is 0. The van der Waals surface area contributed by atoms with Crippen molar-refractivity contribution < 1.29 is 0 Å². The smallest absolute Gasteiger partial charge is 0.0105 e. The zero-order valence-electron chi connectivity index (χ0n) is 13.2. The fraction of sp³-hybridized carbons (Fsp3) is 0.0435. The molecule has 0 heterocycles. The van der Waals surface area contributed by atoms with Crippen molar-refractivity contribution in [2.75, 3.05) is 0 Å². The van der Waals surface area contributed by atoms with Gasteiger partial charge in [-0.05, 0) is 45.9 Å². The van der Waals surface area contributed by atoms with Crippen molar-refractivity contribution in [2.45, 2.75) is 6.42 Å². The Morgan fingerprint density at radius 3 is 1.74 bits per heavy atom. The average Bonchev–Trinajstić information content (AvgIpc) is 3.13. The molecule has 0 amide bonds. The lowest BCUT2D eigenvalue weighted by Crippen LogP contribution is -1.94. The second-order valence-electron chi connectivity index (χ2n) is 5.59. The minimum atomic E-state index is 0.995. The molecule has 1 aliphatic rings. The van der Waals surface area contributed by atoms with Crippen LogP contribution in [0.3, 0.4) is 0 Å². The van der Waals surface area contributed by atoms with Gasteiger partial charge >= 0.3 is 0 Å². The van der Waals surface area contributed by atoms with Crippen LogP contribution < -0.4 is 0 Å². The van der Waals surface area contributed by atoms with Gasteiger partial charge in [0.1, 0.15) is 0 Å². The van der Waals surface area contributed by atoms with Gasteiger partial charge in [0, 0.05) is 0 Å². The highest BCUT2D eigenvalue weighted by atomic mass is 14.2. The van der Waals surface area contributed by atoms with Crippen molar-refractivity contribution in [1.29, 1.82) is 0 Å². The van der Waals surface area contributed by atoms with Gasteiger partial charge < -0.3 is 0 Å². The Kier molecular flexibility index (Phi) is 4.54. The molecule has 23 heavy (non-hydrogen) atoms. The molecule has 3 rings (SSSR count). The first-order valence-corrected chi connectivity index (χ1v) is 7.83. The van der Waals surface area contributed by atoms with Crippen LogP contribution >= 0.6 is 0 Å². The van der Waals surface area contributed by atoms with E-state index in [1.54, 1.807) is 0 Å². The van der Waals surface area contributed by atoms with E-state index in [1.165, 1.54) is 5.57 Å². The molecule has 0 saturated carbocycles. The summed E-state index contributed by atoms with van der Waals surface area (Å²) in [6, 6.07) is 20.6. The van der Waals surface area contributed by atoms with Crippen LogP contribution in [0.5, 0.6) is 0 Å². The second kappa shape index (κ2) is 6.93. The molecular formula is C23H20. The van der Waals surface area contributed by atoms with E-state index < -0.39 is 0 Å². The van der Waals surface area contributed by atoms with Crippen LogP contribution in [0.15, 0.2) is 109 Å². The molecule has 2 aromatic rings. The summed E-state index contributed by atoms with van der Waals surface area (Å²) in [6.45, 7) is 8.67. The number of allylic oxidation sites excluding steroid dienone is 8. The van der Waals surface area contributed by atoms with Gasteiger partial charge in [-0.2, -0.15) is 0 Å². The van der Waals surface area contributed by atoms with Crippen molar-refractivity contribution in [3.63, 3.8) is 0 Å². The van der Waals surface area contributed by atoms with Crippen LogP contribution in [-0.4, -0.2) is 0 Å². The number of benzene rings is 2. The number of rotatable bonds is 5. The Labute approximate surface area is 138 Å². The van der Waals surface area contributed by atoms with Crippen LogP contribution in [0.2, 0.25) is 0 Å². The fourth-order valence-corrected chi connectivity index (χ4v) is 2.70. The monoisotopic (exact) mass is 296 g/mol. The summed E-state index contributed by atoms with van der Waals surface area (Å²) >= 11 is 0. The lowest BCUT2D eigenvalue weighted by Gasteiger charge is -2.15. The molecule has 0 bridgehead atoms. The molecular weight excluding hydrogens is 276 g/mol. The largest absolute Gasteiger partial charge is 0.0905 e. The quantitative estimate of drug-likeness (QED) is 0.574. The molecule has 0 heteroatoms. The zero-order chi connectivity index (χ0) is 16.1. The Balaban J connectivity index is 2.02. The van der Waals surface area contributed by atoms with Gasteiger partial charge in [0.15, 0.2) is 0 Å². The highest BCUT2D eigenvalue weighted by molar-refractivity contribution is 5.97. The highest BCUT2D eigenvalue weighted by Crippen LogP contribution is 2.33. The molecule has 112 valence electrons. The number of hydrogen-bond donors (Lipinski definition) is 0. The number of hydrogen-bond acceptors (Lipinski definition) is 0. The molecule has 0 aromatic heterocycles. The normalized spacial score (nSPS) is 12.6. The third-order valence-electron chi connectivity index (χ3n) is 4.01. The van der Waals surface area contributed by atoms with E-state index in [1.807, 2.05) is 36.4 Å². The predicted molar refractivity (Wildman–Crippen MR) is 101 cm³/mol. The summed E-state index contributed by atoms with van der Waals surface area (Å²) in [5.74, 6) is 0. The summed E-state index contributed by atoms with van der Waals surface area (Å²) in [4.78, 5) is 0. The molecule has 0 unspecified atom stereocenters. The maximum Gasteiger partial charge on any atom is -0.0105 e. The third kappa shape index (κ3) is 3.49. The summed E-state index contributed by atoms with van der Waals surface area (Å²) in [5.41, 5.74) is 6.55. The molecule has 0 radical (unpaired) electrons. The molecule has 0 aliphatic heterocycles. The van der Waals surface area contributed by atoms with Crippen molar-refractivity contribution in [3.05, 3.63) is 120 Å². The lowest BCUT2D eigenvalue weighted by atomic mass is 9.89. The Morgan fingerprint density at radius 1 is 0.783 bits per heavy atom. The Morgan fingerprint density at radius 2 is 1.30 bits per heavy atom. The van der Waals surface area contributed by atoms with Crippen molar-refractivity contribution in [3.8, 4) is 0 Å². The van der Waals surface area contributed by atoms with Gasteiger partial charge in [0.2, 0.25) is 0 Å². The van der Waals surface area contributed by atoms with E-state index in [9.17, 15) is 0 Å². The lowest BCUT2D eigenvalue weighted by molar-refractivity contribution is 1.44.